The van der Waals surface area contributed by atoms with Gasteiger partial charge in [0.2, 0.25) is 0 Å². The van der Waals surface area contributed by atoms with Crippen molar-refractivity contribution in [3.05, 3.63) is 26.6 Å². The van der Waals surface area contributed by atoms with E-state index in [-0.39, 0.29) is 11.7 Å². The highest BCUT2D eigenvalue weighted by Gasteiger charge is 2.18. The van der Waals surface area contributed by atoms with E-state index in [9.17, 15) is 4.79 Å². The minimum atomic E-state index is -0.0134. The first-order valence-electron chi connectivity index (χ1n) is 5.57. The van der Waals surface area contributed by atoms with Gasteiger partial charge in [0, 0.05) is 6.61 Å². The Labute approximate surface area is 107 Å². The molecule has 0 radical (unpaired) electrons. The zero-order valence-corrected chi connectivity index (χ0v) is 10.8. The summed E-state index contributed by atoms with van der Waals surface area (Å²) in [4.78, 5) is 16.2. The molecular weight excluding hydrogens is 256 g/mol. The molecule has 0 amide bonds. The molecule has 0 spiro atoms. The molecule has 1 unspecified atom stereocenters. The van der Waals surface area contributed by atoms with Gasteiger partial charge >= 0.3 is 0 Å². The second-order valence-electron chi connectivity index (χ2n) is 4.14. The van der Waals surface area contributed by atoms with Gasteiger partial charge in [0.1, 0.15) is 4.83 Å². The normalized spacial score (nSPS) is 20.1. The van der Waals surface area contributed by atoms with Crippen LogP contribution in [0.25, 0.3) is 10.2 Å². The quantitative estimate of drug-likeness (QED) is 0.850. The summed E-state index contributed by atoms with van der Waals surface area (Å²) < 4.78 is 7.64. The summed E-state index contributed by atoms with van der Waals surface area (Å²) in [6.07, 6.45) is 2.19. The molecule has 6 heteroatoms. The number of nitrogens with one attached hydrogen (secondary N) is 1. The summed E-state index contributed by atoms with van der Waals surface area (Å²) >= 11 is 6.73. The molecule has 3 rings (SSSR count). The van der Waals surface area contributed by atoms with Gasteiger partial charge in [-0.1, -0.05) is 0 Å². The van der Waals surface area contributed by atoms with Gasteiger partial charge in [-0.15, -0.1) is 11.3 Å². The van der Waals surface area contributed by atoms with E-state index in [4.69, 9.17) is 17.0 Å². The van der Waals surface area contributed by atoms with Gasteiger partial charge in [-0.2, -0.15) is 0 Å². The third-order valence-corrected chi connectivity index (χ3v) is 4.17. The zero-order chi connectivity index (χ0) is 11.8. The van der Waals surface area contributed by atoms with E-state index in [1.807, 2.05) is 11.4 Å². The van der Waals surface area contributed by atoms with E-state index in [1.165, 1.54) is 11.3 Å². The van der Waals surface area contributed by atoms with Crippen molar-refractivity contribution in [2.24, 2.45) is 0 Å². The standard InChI is InChI=1S/C11H12N2O2S2/c14-10-8-3-5-17-9(8)12-11(16)13(10)6-7-2-1-4-15-7/h3,5,7H,1-2,4,6H2,(H,12,16). The van der Waals surface area contributed by atoms with Crippen molar-refractivity contribution >= 4 is 33.8 Å². The van der Waals surface area contributed by atoms with Gasteiger partial charge in [0.15, 0.2) is 4.77 Å². The fraction of sp³-hybridized carbons (Fsp3) is 0.455. The first kappa shape index (κ1) is 11.1. The van der Waals surface area contributed by atoms with Crippen molar-refractivity contribution in [1.82, 2.24) is 9.55 Å². The lowest BCUT2D eigenvalue weighted by Gasteiger charge is -2.11. The number of H-pyrrole nitrogens is 1. The summed E-state index contributed by atoms with van der Waals surface area (Å²) in [5.74, 6) is 0. The van der Waals surface area contributed by atoms with Crippen molar-refractivity contribution < 1.29 is 4.74 Å². The highest BCUT2D eigenvalue weighted by Crippen LogP contribution is 2.16. The number of aromatic amines is 1. The minimum Gasteiger partial charge on any atom is -0.376 e. The summed E-state index contributed by atoms with van der Waals surface area (Å²) in [6.45, 7) is 1.34. The largest absolute Gasteiger partial charge is 0.376 e. The number of fused-ring (bicyclic) bond motifs is 1. The van der Waals surface area contributed by atoms with Crippen molar-refractivity contribution in [2.75, 3.05) is 6.61 Å². The Morgan fingerprint density at radius 3 is 3.29 bits per heavy atom. The van der Waals surface area contributed by atoms with E-state index >= 15 is 0 Å². The van der Waals surface area contributed by atoms with E-state index in [1.54, 1.807) is 4.57 Å². The van der Waals surface area contributed by atoms with E-state index in [0.29, 0.717) is 16.7 Å². The van der Waals surface area contributed by atoms with E-state index in [2.05, 4.69) is 4.98 Å². The van der Waals surface area contributed by atoms with Gasteiger partial charge in [0.05, 0.1) is 18.0 Å². The average molecular weight is 268 g/mol. The average Bonchev–Trinajstić information content (AvgIpc) is 2.94. The van der Waals surface area contributed by atoms with Crippen LogP contribution in [0.5, 0.6) is 0 Å². The van der Waals surface area contributed by atoms with Crippen LogP contribution in [-0.4, -0.2) is 22.3 Å². The van der Waals surface area contributed by atoms with Gasteiger partial charge < -0.3 is 9.72 Å². The number of ether oxygens (including phenoxy) is 1. The van der Waals surface area contributed by atoms with Crippen LogP contribution in [0.4, 0.5) is 0 Å². The zero-order valence-electron chi connectivity index (χ0n) is 9.14. The van der Waals surface area contributed by atoms with Crippen molar-refractivity contribution in [3.63, 3.8) is 0 Å². The molecule has 1 aliphatic rings. The van der Waals surface area contributed by atoms with Crippen LogP contribution < -0.4 is 5.56 Å². The Hall–Kier alpha value is -0.980. The number of thiophene rings is 1. The second kappa shape index (κ2) is 4.36. The van der Waals surface area contributed by atoms with E-state index in [0.717, 1.165) is 24.3 Å². The summed E-state index contributed by atoms with van der Waals surface area (Å²) in [5.41, 5.74) is -0.0134. The predicted molar refractivity (Wildman–Crippen MR) is 70.2 cm³/mol. The lowest BCUT2D eigenvalue weighted by Crippen LogP contribution is -2.27. The fourth-order valence-electron chi connectivity index (χ4n) is 2.13. The third-order valence-electron chi connectivity index (χ3n) is 3.02. The molecule has 0 saturated carbocycles. The highest BCUT2D eigenvalue weighted by molar-refractivity contribution is 7.71. The molecule has 1 atom stereocenters. The molecular formula is C11H12N2O2S2. The van der Waals surface area contributed by atoms with Crippen LogP contribution in [-0.2, 0) is 11.3 Å². The number of aromatic nitrogens is 2. The molecule has 2 aromatic rings. The van der Waals surface area contributed by atoms with Gasteiger partial charge in [-0.25, -0.2) is 0 Å². The molecule has 4 nitrogen and oxygen atoms in total. The maximum absolute atomic E-state index is 12.2. The number of hydrogen-bond donors (Lipinski definition) is 1. The lowest BCUT2D eigenvalue weighted by molar-refractivity contribution is 0.0957. The molecule has 2 aromatic heterocycles. The molecule has 17 heavy (non-hydrogen) atoms. The second-order valence-corrected chi connectivity index (χ2v) is 5.45. The lowest BCUT2D eigenvalue weighted by atomic mass is 10.2. The molecule has 1 fully saturated rings. The highest BCUT2D eigenvalue weighted by atomic mass is 32.1. The fourth-order valence-corrected chi connectivity index (χ4v) is 3.24. The number of hydrogen-bond acceptors (Lipinski definition) is 4. The van der Waals surface area contributed by atoms with Crippen LogP contribution in [0.2, 0.25) is 0 Å². The molecule has 1 aliphatic heterocycles. The van der Waals surface area contributed by atoms with Crippen molar-refractivity contribution in [3.8, 4) is 0 Å². The van der Waals surface area contributed by atoms with Crippen LogP contribution in [0.3, 0.4) is 0 Å². The molecule has 90 valence electrons. The Bertz CT molecular complexity index is 649. The van der Waals surface area contributed by atoms with Gasteiger partial charge in [-0.3, -0.25) is 9.36 Å². The summed E-state index contributed by atoms with van der Waals surface area (Å²) in [7, 11) is 0. The van der Waals surface area contributed by atoms with Crippen LogP contribution in [0.15, 0.2) is 16.2 Å². The Morgan fingerprint density at radius 2 is 2.53 bits per heavy atom. The van der Waals surface area contributed by atoms with Gasteiger partial charge in [0.25, 0.3) is 5.56 Å². The number of rotatable bonds is 2. The first-order valence-corrected chi connectivity index (χ1v) is 6.86. The Balaban J connectivity index is 2.08. The van der Waals surface area contributed by atoms with Crippen LogP contribution in [0, 0.1) is 4.77 Å². The van der Waals surface area contributed by atoms with E-state index < -0.39 is 0 Å². The number of nitrogens with zero attached hydrogens (tertiary/aromatic N) is 1. The molecule has 0 aliphatic carbocycles. The smallest absolute Gasteiger partial charge is 0.263 e. The van der Waals surface area contributed by atoms with Crippen LogP contribution in [0.1, 0.15) is 12.8 Å². The van der Waals surface area contributed by atoms with Crippen LogP contribution >= 0.6 is 23.6 Å². The minimum absolute atomic E-state index is 0.0134. The molecule has 3 heterocycles. The molecule has 1 N–H and O–H groups in total. The monoisotopic (exact) mass is 268 g/mol. The SMILES string of the molecule is O=c1c2ccsc2[nH]c(=S)n1CC1CCCO1. The van der Waals surface area contributed by atoms with Gasteiger partial charge in [-0.05, 0) is 36.5 Å². The van der Waals surface area contributed by atoms with Crippen molar-refractivity contribution in [2.45, 2.75) is 25.5 Å². The molecule has 1 saturated heterocycles. The Kier molecular flexibility index (Phi) is 2.85. The predicted octanol–water partition coefficient (Wildman–Crippen LogP) is 2.30. The maximum Gasteiger partial charge on any atom is 0.263 e. The Morgan fingerprint density at radius 1 is 1.65 bits per heavy atom. The summed E-state index contributed by atoms with van der Waals surface area (Å²) in [5, 5.41) is 2.61. The maximum atomic E-state index is 12.2. The topological polar surface area (TPSA) is 47.0 Å². The third kappa shape index (κ3) is 1.96. The molecule has 0 bridgehead atoms. The van der Waals surface area contributed by atoms with Crippen molar-refractivity contribution in [1.29, 1.82) is 0 Å². The summed E-state index contributed by atoms with van der Waals surface area (Å²) in [6, 6.07) is 1.83. The first-order chi connectivity index (χ1) is 8.25. The molecule has 0 aromatic carbocycles.